The maximum Gasteiger partial charge on any atom is 0.292 e. The molecule has 0 aromatic heterocycles. The van der Waals surface area contributed by atoms with Crippen LogP contribution in [0.5, 0.6) is 0 Å². The SMILES string of the molecule is CNc1ccc(CN(C)C2CCCCC2)cc1[N+](=O)[O-]. The molecule has 2 rings (SSSR count). The van der Waals surface area contributed by atoms with Gasteiger partial charge in [0.2, 0.25) is 0 Å². The first kappa shape index (κ1) is 14.8. The molecule has 0 aliphatic heterocycles. The van der Waals surface area contributed by atoms with Gasteiger partial charge in [0.15, 0.2) is 0 Å². The lowest BCUT2D eigenvalue weighted by atomic mass is 9.94. The molecule has 5 heteroatoms. The molecular formula is C15H23N3O2. The van der Waals surface area contributed by atoms with Gasteiger partial charge in [-0.05, 0) is 31.5 Å². The van der Waals surface area contributed by atoms with E-state index in [1.54, 1.807) is 19.2 Å². The topological polar surface area (TPSA) is 58.4 Å². The molecule has 0 spiro atoms. The molecule has 0 atom stereocenters. The number of anilines is 1. The molecule has 1 aromatic carbocycles. The molecule has 0 radical (unpaired) electrons. The molecule has 1 fully saturated rings. The molecule has 0 amide bonds. The minimum absolute atomic E-state index is 0.155. The number of nitro groups is 1. The molecule has 1 aliphatic rings. The lowest BCUT2D eigenvalue weighted by molar-refractivity contribution is -0.384. The van der Waals surface area contributed by atoms with E-state index < -0.39 is 0 Å². The van der Waals surface area contributed by atoms with E-state index in [9.17, 15) is 10.1 Å². The first-order valence-electron chi connectivity index (χ1n) is 7.27. The Labute approximate surface area is 120 Å². The summed E-state index contributed by atoms with van der Waals surface area (Å²) in [6, 6.07) is 6.07. The number of rotatable bonds is 5. The van der Waals surface area contributed by atoms with Crippen LogP contribution >= 0.6 is 0 Å². The van der Waals surface area contributed by atoms with Gasteiger partial charge in [0.25, 0.3) is 5.69 Å². The van der Waals surface area contributed by atoms with Gasteiger partial charge in [-0.15, -0.1) is 0 Å². The van der Waals surface area contributed by atoms with E-state index in [1.165, 1.54) is 32.1 Å². The van der Waals surface area contributed by atoms with Crippen molar-refractivity contribution in [3.8, 4) is 0 Å². The highest BCUT2D eigenvalue weighted by molar-refractivity contribution is 5.62. The van der Waals surface area contributed by atoms with Crippen LogP contribution in [0.3, 0.4) is 0 Å². The van der Waals surface area contributed by atoms with Gasteiger partial charge in [0.1, 0.15) is 5.69 Å². The molecule has 20 heavy (non-hydrogen) atoms. The summed E-state index contributed by atoms with van der Waals surface area (Å²) in [7, 11) is 3.82. The Morgan fingerprint density at radius 2 is 2.05 bits per heavy atom. The van der Waals surface area contributed by atoms with Gasteiger partial charge in [-0.25, -0.2) is 0 Å². The van der Waals surface area contributed by atoms with E-state index in [1.807, 2.05) is 6.07 Å². The Kier molecular flexibility index (Phi) is 4.95. The highest BCUT2D eigenvalue weighted by Gasteiger charge is 2.19. The fraction of sp³-hybridized carbons (Fsp3) is 0.600. The molecular weight excluding hydrogens is 254 g/mol. The van der Waals surface area contributed by atoms with Crippen LogP contribution in [0.25, 0.3) is 0 Å². The van der Waals surface area contributed by atoms with Gasteiger partial charge in [0, 0.05) is 25.7 Å². The van der Waals surface area contributed by atoms with E-state index in [-0.39, 0.29) is 10.6 Å². The molecule has 1 aromatic rings. The van der Waals surface area contributed by atoms with Crippen LogP contribution in [0.4, 0.5) is 11.4 Å². The van der Waals surface area contributed by atoms with Gasteiger partial charge < -0.3 is 5.32 Å². The van der Waals surface area contributed by atoms with E-state index >= 15 is 0 Å². The highest BCUT2D eigenvalue weighted by Crippen LogP contribution is 2.27. The number of nitrogens with one attached hydrogen (secondary N) is 1. The average Bonchev–Trinajstić information content (AvgIpc) is 2.48. The molecule has 0 saturated heterocycles. The summed E-state index contributed by atoms with van der Waals surface area (Å²) in [6.45, 7) is 0.773. The van der Waals surface area contributed by atoms with Gasteiger partial charge in [-0.2, -0.15) is 0 Å². The molecule has 110 valence electrons. The zero-order chi connectivity index (χ0) is 14.5. The summed E-state index contributed by atoms with van der Waals surface area (Å²) < 4.78 is 0. The molecule has 0 unspecified atom stereocenters. The number of hydrogen-bond acceptors (Lipinski definition) is 4. The highest BCUT2D eigenvalue weighted by atomic mass is 16.6. The number of nitrogens with zero attached hydrogens (tertiary/aromatic N) is 2. The molecule has 0 bridgehead atoms. The van der Waals surface area contributed by atoms with Crippen molar-refractivity contribution in [1.82, 2.24) is 4.90 Å². The average molecular weight is 277 g/mol. The maximum atomic E-state index is 11.1. The molecule has 1 aliphatic carbocycles. The standard InChI is InChI=1S/C15H23N3O2/c1-16-14-9-8-12(10-15(14)18(19)20)11-17(2)13-6-4-3-5-7-13/h8-10,13,16H,3-7,11H2,1-2H3. The largest absolute Gasteiger partial charge is 0.383 e. The zero-order valence-corrected chi connectivity index (χ0v) is 12.3. The van der Waals surface area contributed by atoms with Gasteiger partial charge >= 0.3 is 0 Å². The number of benzene rings is 1. The van der Waals surface area contributed by atoms with Crippen molar-refractivity contribution < 1.29 is 4.92 Å². The molecule has 5 nitrogen and oxygen atoms in total. The first-order valence-corrected chi connectivity index (χ1v) is 7.27. The summed E-state index contributed by atoms with van der Waals surface area (Å²) in [5.41, 5.74) is 1.73. The molecule has 1 saturated carbocycles. The van der Waals surface area contributed by atoms with Crippen LogP contribution in [0.1, 0.15) is 37.7 Å². The fourth-order valence-corrected chi connectivity index (χ4v) is 2.98. The van der Waals surface area contributed by atoms with Crippen LogP contribution < -0.4 is 5.32 Å². The third kappa shape index (κ3) is 3.48. The summed E-state index contributed by atoms with van der Waals surface area (Å²) in [5.74, 6) is 0. The Morgan fingerprint density at radius 1 is 1.35 bits per heavy atom. The van der Waals surface area contributed by atoms with Crippen LogP contribution in [-0.4, -0.2) is 30.0 Å². The van der Waals surface area contributed by atoms with Gasteiger partial charge in [-0.1, -0.05) is 25.3 Å². The maximum absolute atomic E-state index is 11.1. The quantitative estimate of drug-likeness (QED) is 0.662. The summed E-state index contributed by atoms with van der Waals surface area (Å²) in [4.78, 5) is 13.1. The third-order valence-corrected chi connectivity index (χ3v) is 4.16. The second-order valence-electron chi connectivity index (χ2n) is 5.57. The fourth-order valence-electron chi connectivity index (χ4n) is 2.98. The van der Waals surface area contributed by atoms with Gasteiger partial charge in [0.05, 0.1) is 4.92 Å². The smallest absolute Gasteiger partial charge is 0.292 e. The summed E-state index contributed by atoms with van der Waals surface area (Å²) in [5, 5.41) is 13.9. The minimum Gasteiger partial charge on any atom is -0.383 e. The van der Waals surface area contributed by atoms with E-state index in [0.717, 1.165) is 12.1 Å². The van der Waals surface area contributed by atoms with Crippen molar-refractivity contribution in [3.05, 3.63) is 33.9 Å². The predicted molar refractivity (Wildman–Crippen MR) is 81.0 cm³/mol. The Hall–Kier alpha value is -1.62. The predicted octanol–water partition coefficient (Wildman–Crippen LogP) is 3.40. The third-order valence-electron chi connectivity index (χ3n) is 4.16. The van der Waals surface area contributed by atoms with E-state index in [4.69, 9.17) is 0 Å². The van der Waals surface area contributed by atoms with Crippen molar-refractivity contribution in [2.75, 3.05) is 19.4 Å². The molecule has 1 N–H and O–H groups in total. The first-order chi connectivity index (χ1) is 9.61. The summed E-state index contributed by atoms with van der Waals surface area (Å²) >= 11 is 0. The zero-order valence-electron chi connectivity index (χ0n) is 12.3. The summed E-state index contributed by atoms with van der Waals surface area (Å²) in [6.07, 6.45) is 6.43. The normalized spacial score (nSPS) is 16.4. The van der Waals surface area contributed by atoms with Crippen LogP contribution in [-0.2, 0) is 6.54 Å². The van der Waals surface area contributed by atoms with Crippen LogP contribution in [0.2, 0.25) is 0 Å². The van der Waals surface area contributed by atoms with Crippen molar-refractivity contribution in [3.63, 3.8) is 0 Å². The lowest BCUT2D eigenvalue weighted by Crippen LogP contribution is -2.32. The van der Waals surface area contributed by atoms with Crippen LogP contribution in [0.15, 0.2) is 18.2 Å². The van der Waals surface area contributed by atoms with E-state index in [2.05, 4.69) is 17.3 Å². The second-order valence-corrected chi connectivity index (χ2v) is 5.57. The molecule has 0 heterocycles. The van der Waals surface area contributed by atoms with Crippen molar-refractivity contribution >= 4 is 11.4 Å². The Balaban J connectivity index is 2.08. The van der Waals surface area contributed by atoms with Crippen molar-refractivity contribution in [2.24, 2.45) is 0 Å². The van der Waals surface area contributed by atoms with Crippen molar-refractivity contribution in [2.45, 2.75) is 44.7 Å². The van der Waals surface area contributed by atoms with Gasteiger partial charge in [-0.3, -0.25) is 15.0 Å². The minimum atomic E-state index is -0.323. The Bertz CT molecular complexity index is 470. The Morgan fingerprint density at radius 3 is 2.65 bits per heavy atom. The second kappa shape index (κ2) is 6.70. The lowest BCUT2D eigenvalue weighted by Gasteiger charge is -2.31. The monoisotopic (exact) mass is 277 g/mol. The van der Waals surface area contributed by atoms with Crippen LogP contribution in [0, 0.1) is 10.1 Å². The number of nitro benzene ring substituents is 1. The van der Waals surface area contributed by atoms with Crippen molar-refractivity contribution in [1.29, 1.82) is 0 Å². The number of hydrogen-bond donors (Lipinski definition) is 1. The van der Waals surface area contributed by atoms with E-state index in [0.29, 0.717) is 11.7 Å².